The Bertz CT molecular complexity index is 935. The van der Waals surface area contributed by atoms with Crippen molar-refractivity contribution in [3.63, 3.8) is 0 Å². The molecule has 0 spiro atoms. The number of rotatable bonds is 4. The second kappa shape index (κ2) is 7.74. The van der Waals surface area contributed by atoms with Crippen LogP contribution >= 0.6 is 0 Å². The number of aryl methyl sites for hydroxylation is 1. The summed E-state index contributed by atoms with van der Waals surface area (Å²) in [7, 11) is -3.63. The Labute approximate surface area is 157 Å². The summed E-state index contributed by atoms with van der Waals surface area (Å²) in [4.78, 5) is 12.6. The molecule has 0 atom stereocenters. The van der Waals surface area contributed by atoms with Gasteiger partial charge >= 0.3 is 0 Å². The molecule has 1 aliphatic heterocycles. The van der Waals surface area contributed by atoms with Crippen molar-refractivity contribution in [2.24, 2.45) is 5.92 Å². The van der Waals surface area contributed by atoms with Gasteiger partial charge in [0.25, 0.3) is 0 Å². The van der Waals surface area contributed by atoms with Crippen molar-refractivity contribution >= 4 is 21.6 Å². The second-order valence-corrected chi connectivity index (χ2v) is 8.44. The second-order valence-electron chi connectivity index (χ2n) is 6.53. The molecule has 0 bridgehead atoms. The molecular weight excluding hydrogens is 374 g/mol. The number of para-hydroxylation sites is 1. The van der Waals surface area contributed by atoms with Gasteiger partial charge in [-0.3, -0.25) is 4.79 Å². The maximum Gasteiger partial charge on any atom is 0.243 e. The number of benzene rings is 2. The van der Waals surface area contributed by atoms with E-state index in [-0.39, 0.29) is 30.8 Å². The van der Waals surface area contributed by atoms with Gasteiger partial charge in [-0.25, -0.2) is 17.2 Å². The van der Waals surface area contributed by atoms with Crippen LogP contribution in [0.5, 0.6) is 0 Å². The highest BCUT2D eigenvalue weighted by Crippen LogP contribution is 2.27. The van der Waals surface area contributed by atoms with E-state index in [0.717, 1.165) is 12.1 Å². The molecule has 3 rings (SSSR count). The number of carbonyl (C=O) groups excluding carboxylic acids is 1. The monoisotopic (exact) mass is 394 g/mol. The third kappa shape index (κ3) is 4.01. The number of nitrogens with one attached hydrogen (secondary N) is 1. The molecule has 2 aromatic carbocycles. The van der Waals surface area contributed by atoms with Gasteiger partial charge in [-0.05, 0) is 43.5 Å². The topological polar surface area (TPSA) is 66.5 Å². The molecule has 0 aliphatic carbocycles. The zero-order valence-electron chi connectivity index (χ0n) is 14.8. The summed E-state index contributed by atoms with van der Waals surface area (Å²) in [5.74, 6) is -2.70. The van der Waals surface area contributed by atoms with Gasteiger partial charge in [0.2, 0.25) is 15.9 Å². The van der Waals surface area contributed by atoms with Gasteiger partial charge in [-0.1, -0.05) is 24.3 Å². The van der Waals surface area contributed by atoms with Crippen LogP contribution in [0.1, 0.15) is 18.4 Å². The lowest BCUT2D eigenvalue weighted by atomic mass is 9.97. The summed E-state index contributed by atoms with van der Waals surface area (Å²) in [6.45, 7) is 2.08. The Morgan fingerprint density at radius 1 is 1.04 bits per heavy atom. The first-order chi connectivity index (χ1) is 12.8. The first-order valence-electron chi connectivity index (χ1n) is 8.61. The summed E-state index contributed by atoms with van der Waals surface area (Å²) in [5.41, 5.74) is 0.185. The van der Waals surface area contributed by atoms with Crippen molar-refractivity contribution in [1.82, 2.24) is 4.31 Å². The van der Waals surface area contributed by atoms with Crippen molar-refractivity contribution in [3.05, 3.63) is 59.7 Å². The van der Waals surface area contributed by atoms with E-state index in [1.807, 2.05) is 0 Å². The fraction of sp³-hybridized carbons (Fsp3) is 0.316. The smallest absolute Gasteiger partial charge is 0.243 e. The number of halogens is 2. The van der Waals surface area contributed by atoms with E-state index in [2.05, 4.69) is 5.32 Å². The molecule has 0 aromatic heterocycles. The summed E-state index contributed by atoms with van der Waals surface area (Å²) in [5, 5.41) is 2.29. The normalized spacial score (nSPS) is 16.3. The molecule has 2 aromatic rings. The Morgan fingerprint density at radius 3 is 2.22 bits per heavy atom. The van der Waals surface area contributed by atoms with E-state index in [1.165, 1.54) is 10.4 Å². The molecular formula is C19H20F2N2O3S. The van der Waals surface area contributed by atoms with Crippen LogP contribution in [0.2, 0.25) is 0 Å². The van der Waals surface area contributed by atoms with E-state index in [9.17, 15) is 22.0 Å². The summed E-state index contributed by atoms with van der Waals surface area (Å²) in [6, 6.07) is 10.1. The van der Waals surface area contributed by atoms with Gasteiger partial charge in [0, 0.05) is 19.0 Å². The quantitative estimate of drug-likeness (QED) is 0.865. The Kier molecular flexibility index (Phi) is 5.57. The average molecular weight is 394 g/mol. The fourth-order valence-electron chi connectivity index (χ4n) is 3.19. The molecule has 1 saturated heterocycles. The minimum Gasteiger partial charge on any atom is -0.321 e. The molecule has 1 aliphatic rings. The number of piperidine rings is 1. The number of nitrogens with zero attached hydrogens (tertiary/aromatic N) is 1. The van der Waals surface area contributed by atoms with Gasteiger partial charge in [-0.15, -0.1) is 0 Å². The lowest BCUT2D eigenvalue weighted by Gasteiger charge is -2.31. The lowest BCUT2D eigenvalue weighted by Crippen LogP contribution is -2.41. The van der Waals surface area contributed by atoms with Crippen molar-refractivity contribution in [2.75, 3.05) is 18.4 Å². The number of anilines is 1. The molecule has 1 amide bonds. The summed E-state index contributed by atoms with van der Waals surface area (Å²) >= 11 is 0. The highest BCUT2D eigenvalue weighted by atomic mass is 32.2. The largest absolute Gasteiger partial charge is 0.321 e. The lowest BCUT2D eigenvalue weighted by molar-refractivity contribution is -0.121. The molecule has 27 heavy (non-hydrogen) atoms. The van der Waals surface area contributed by atoms with Gasteiger partial charge < -0.3 is 5.32 Å². The van der Waals surface area contributed by atoms with E-state index < -0.39 is 39.2 Å². The Morgan fingerprint density at radius 2 is 1.63 bits per heavy atom. The van der Waals surface area contributed by atoms with Crippen LogP contribution in [0.4, 0.5) is 14.5 Å². The van der Waals surface area contributed by atoms with Crippen molar-refractivity contribution in [3.8, 4) is 0 Å². The maximum atomic E-state index is 13.7. The molecule has 1 heterocycles. The SMILES string of the molecule is Cc1ccccc1S(=O)(=O)N1CCC(C(=O)Nc2c(F)cccc2F)CC1. The zero-order chi connectivity index (χ0) is 19.6. The van der Waals surface area contributed by atoms with Gasteiger partial charge in [0.15, 0.2) is 0 Å². The molecule has 144 valence electrons. The molecule has 0 saturated carbocycles. The zero-order valence-corrected chi connectivity index (χ0v) is 15.6. The third-order valence-electron chi connectivity index (χ3n) is 4.75. The highest BCUT2D eigenvalue weighted by Gasteiger charge is 2.33. The van der Waals surface area contributed by atoms with E-state index >= 15 is 0 Å². The number of sulfonamides is 1. The van der Waals surface area contributed by atoms with Crippen LogP contribution in [-0.4, -0.2) is 31.7 Å². The van der Waals surface area contributed by atoms with Gasteiger partial charge in [-0.2, -0.15) is 4.31 Å². The van der Waals surface area contributed by atoms with Crippen LogP contribution in [0, 0.1) is 24.5 Å². The Hall–Kier alpha value is -2.32. The first kappa shape index (κ1) is 19.4. The minimum atomic E-state index is -3.63. The first-order valence-corrected chi connectivity index (χ1v) is 10.1. The molecule has 0 unspecified atom stereocenters. The Balaban J connectivity index is 1.67. The third-order valence-corrected chi connectivity index (χ3v) is 6.81. The molecule has 1 fully saturated rings. The minimum absolute atomic E-state index is 0.175. The highest BCUT2D eigenvalue weighted by molar-refractivity contribution is 7.89. The number of amides is 1. The van der Waals surface area contributed by atoms with E-state index in [0.29, 0.717) is 5.56 Å². The van der Waals surface area contributed by atoms with Crippen LogP contribution < -0.4 is 5.32 Å². The van der Waals surface area contributed by atoms with Crippen LogP contribution in [0.25, 0.3) is 0 Å². The van der Waals surface area contributed by atoms with Crippen molar-refractivity contribution in [1.29, 1.82) is 0 Å². The number of hydrogen-bond acceptors (Lipinski definition) is 3. The van der Waals surface area contributed by atoms with E-state index in [4.69, 9.17) is 0 Å². The number of hydrogen-bond donors (Lipinski definition) is 1. The van der Waals surface area contributed by atoms with Crippen LogP contribution in [0.3, 0.4) is 0 Å². The average Bonchev–Trinajstić information content (AvgIpc) is 2.65. The molecule has 8 heteroatoms. The van der Waals surface area contributed by atoms with Crippen LogP contribution in [0.15, 0.2) is 47.4 Å². The van der Waals surface area contributed by atoms with Crippen molar-refractivity contribution < 1.29 is 22.0 Å². The summed E-state index contributed by atoms with van der Waals surface area (Å²) in [6.07, 6.45) is 0.569. The fourth-order valence-corrected chi connectivity index (χ4v) is 4.88. The molecule has 5 nitrogen and oxygen atoms in total. The van der Waals surface area contributed by atoms with Crippen LogP contribution in [-0.2, 0) is 14.8 Å². The van der Waals surface area contributed by atoms with Gasteiger partial charge in [0.05, 0.1) is 4.90 Å². The van der Waals surface area contributed by atoms with Gasteiger partial charge in [0.1, 0.15) is 17.3 Å². The number of carbonyl (C=O) groups is 1. The summed E-state index contributed by atoms with van der Waals surface area (Å²) < 4.78 is 54.3. The van der Waals surface area contributed by atoms with E-state index in [1.54, 1.807) is 31.2 Å². The predicted octanol–water partition coefficient (Wildman–Crippen LogP) is 3.31. The van der Waals surface area contributed by atoms with Crippen molar-refractivity contribution in [2.45, 2.75) is 24.7 Å². The maximum absolute atomic E-state index is 13.7. The predicted molar refractivity (Wildman–Crippen MR) is 97.6 cm³/mol. The molecule has 1 N–H and O–H groups in total. The molecule has 0 radical (unpaired) electrons. The standard InChI is InChI=1S/C19H20F2N2O3S/c1-13-5-2-3-8-17(13)27(25,26)23-11-9-14(10-12-23)19(24)22-18-15(20)6-4-7-16(18)21/h2-8,14H,9-12H2,1H3,(H,22,24).